The number of rotatable bonds is 4. The van der Waals surface area contributed by atoms with E-state index in [0.717, 1.165) is 18.4 Å². The summed E-state index contributed by atoms with van der Waals surface area (Å²) in [4.78, 5) is 25.6. The quantitative estimate of drug-likeness (QED) is 0.866. The average molecular weight is 293 g/mol. The Morgan fingerprint density at radius 2 is 1.90 bits per heavy atom. The van der Waals surface area contributed by atoms with Gasteiger partial charge >= 0.3 is 0 Å². The van der Waals surface area contributed by atoms with Crippen LogP contribution in [0, 0.1) is 0 Å². The van der Waals surface area contributed by atoms with Crippen molar-refractivity contribution in [2.45, 2.75) is 44.3 Å². The second kappa shape index (κ2) is 5.19. The summed E-state index contributed by atoms with van der Waals surface area (Å²) in [6.07, 6.45) is 2.18. The second-order valence-corrected chi connectivity index (χ2v) is 5.97. The maximum Gasteiger partial charge on any atom is 0.247 e. The van der Waals surface area contributed by atoms with E-state index in [1.165, 1.54) is 4.90 Å². The fourth-order valence-corrected chi connectivity index (χ4v) is 2.77. The lowest BCUT2D eigenvalue weighted by Gasteiger charge is -2.19. The molecule has 2 unspecified atom stereocenters. The van der Waals surface area contributed by atoms with Crippen molar-refractivity contribution in [2.24, 2.45) is 0 Å². The Kier molecular flexibility index (Phi) is 3.52. The zero-order valence-electron chi connectivity index (χ0n) is 11.3. The molecule has 1 saturated heterocycles. The van der Waals surface area contributed by atoms with Gasteiger partial charge in [0.2, 0.25) is 11.8 Å². The van der Waals surface area contributed by atoms with Crippen LogP contribution in [0.2, 0.25) is 5.02 Å². The van der Waals surface area contributed by atoms with Crippen molar-refractivity contribution in [3.8, 4) is 0 Å². The van der Waals surface area contributed by atoms with Gasteiger partial charge in [0.15, 0.2) is 0 Å². The van der Waals surface area contributed by atoms with Gasteiger partial charge < -0.3 is 0 Å². The van der Waals surface area contributed by atoms with Gasteiger partial charge in [0, 0.05) is 17.1 Å². The molecule has 3 rings (SSSR count). The van der Waals surface area contributed by atoms with E-state index in [0.29, 0.717) is 5.02 Å². The first-order chi connectivity index (χ1) is 9.56. The Morgan fingerprint density at radius 1 is 1.25 bits per heavy atom. The molecule has 1 aliphatic heterocycles. The standard InChI is InChI=1S/C15H17ClN2O2/c1-9(10-2-4-11(16)5-3-10)17-13-8-14(19)18(15(13)20)12-6-7-12/h2-5,9,12-13,17H,6-8H2,1H3. The van der Waals surface area contributed by atoms with E-state index in [1.54, 1.807) is 0 Å². The van der Waals surface area contributed by atoms with Crippen LogP contribution >= 0.6 is 11.6 Å². The first-order valence-corrected chi connectivity index (χ1v) is 7.31. The predicted octanol–water partition coefficient (Wildman–Crippen LogP) is 2.28. The van der Waals surface area contributed by atoms with Crippen molar-refractivity contribution in [3.05, 3.63) is 34.9 Å². The number of hydrogen-bond donors (Lipinski definition) is 1. The summed E-state index contributed by atoms with van der Waals surface area (Å²) in [7, 11) is 0. The molecule has 2 fully saturated rings. The predicted molar refractivity (Wildman–Crippen MR) is 76.3 cm³/mol. The highest BCUT2D eigenvalue weighted by Crippen LogP contribution is 2.32. The first-order valence-electron chi connectivity index (χ1n) is 6.93. The van der Waals surface area contributed by atoms with Crippen molar-refractivity contribution >= 4 is 23.4 Å². The van der Waals surface area contributed by atoms with Crippen molar-refractivity contribution in [1.29, 1.82) is 0 Å². The Hall–Kier alpha value is -1.39. The molecule has 1 aromatic carbocycles. The van der Waals surface area contributed by atoms with E-state index < -0.39 is 6.04 Å². The highest BCUT2D eigenvalue weighted by molar-refractivity contribution is 6.30. The van der Waals surface area contributed by atoms with E-state index >= 15 is 0 Å². The van der Waals surface area contributed by atoms with Gasteiger partial charge in [-0.25, -0.2) is 0 Å². The molecule has 1 saturated carbocycles. The van der Waals surface area contributed by atoms with Crippen LogP contribution in [0.15, 0.2) is 24.3 Å². The number of imide groups is 1. The van der Waals surface area contributed by atoms with Crippen LogP contribution in [-0.4, -0.2) is 28.8 Å². The van der Waals surface area contributed by atoms with E-state index in [4.69, 9.17) is 11.6 Å². The summed E-state index contributed by atoms with van der Waals surface area (Å²) >= 11 is 5.86. The van der Waals surface area contributed by atoms with Crippen LogP contribution in [0.5, 0.6) is 0 Å². The smallest absolute Gasteiger partial charge is 0.247 e. The van der Waals surface area contributed by atoms with Crippen LogP contribution in [0.25, 0.3) is 0 Å². The van der Waals surface area contributed by atoms with Crippen LogP contribution in [0.3, 0.4) is 0 Å². The van der Waals surface area contributed by atoms with Gasteiger partial charge in [-0.2, -0.15) is 0 Å². The molecular formula is C15H17ClN2O2. The highest BCUT2D eigenvalue weighted by atomic mass is 35.5. The van der Waals surface area contributed by atoms with Gasteiger partial charge in [-0.1, -0.05) is 23.7 Å². The second-order valence-electron chi connectivity index (χ2n) is 5.53. The number of nitrogens with zero attached hydrogens (tertiary/aromatic N) is 1. The zero-order chi connectivity index (χ0) is 14.3. The molecule has 20 heavy (non-hydrogen) atoms. The molecule has 1 N–H and O–H groups in total. The maximum absolute atomic E-state index is 12.2. The van der Waals surface area contributed by atoms with Crippen LogP contribution < -0.4 is 5.32 Å². The molecule has 0 spiro atoms. The van der Waals surface area contributed by atoms with E-state index in [1.807, 2.05) is 31.2 Å². The third kappa shape index (κ3) is 2.58. The van der Waals surface area contributed by atoms with Gasteiger partial charge in [0.05, 0.1) is 12.5 Å². The van der Waals surface area contributed by atoms with Crippen molar-refractivity contribution < 1.29 is 9.59 Å². The summed E-state index contributed by atoms with van der Waals surface area (Å²) in [6.45, 7) is 1.99. The Labute approximate surface area is 123 Å². The molecule has 0 bridgehead atoms. The normalized spacial score (nSPS) is 24.3. The minimum atomic E-state index is -0.395. The number of carbonyl (C=O) groups excluding carboxylic acids is 2. The highest BCUT2D eigenvalue weighted by Gasteiger charge is 2.46. The van der Waals surface area contributed by atoms with E-state index in [-0.39, 0.29) is 30.3 Å². The largest absolute Gasteiger partial charge is 0.299 e. The van der Waals surface area contributed by atoms with Crippen molar-refractivity contribution in [1.82, 2.24) is 10.2 Å². The minimum absolute atomic E-state index is 0.00756. The molecule has 106 valence electrons. The van der Waals surface area contributed by atoms with Gasteiger partial charge in [0.25, 0.3) is 0 Å². The lowest BCUT2D eigenvalue weighted by molar-refractivity contribution is -0.139. The van der Waals surface area contributed by atoms with Gasteiger partial charge in [-0.3, -0.25) is 19.8 Å². The molecule has 0 aromatic heterocycles. The topological polar surface area (TPSA) is 49.4 Å². The molecular weight excluding hydrogens is 276 g/mol. The van der Waals surface area contributed by atoms with E-state index in [9.17, 15) is 9.59 Å². The molecule has 0 radical (unpaired) electrons. The molecule has 2 amide bonds. The fourth-order valence-electron chi connectivity index (χ4n) is 2.65. The summed E-state index contributed by atoms with van der Waals surface area (Å²) < 4.78 is 0. The minimum Gasteiger partial charge on any atom is -0.299 e. The monoisotopic (exact) mass is 292 g/mol. The average Bonchev–Trinajstić information content (AvgIpc) is 3.19. The Balaban J connectivity index is 1.67. The zero-order valence-corrected chi connectivity index (χ0v) is 12.1. The summed E-state index contributed by atoms with van der Waals surface area (Å²) in [5.41, 5.74) is 1.06. The molecule has 2 aliphatic rings. The number of benzene rings is 1. The number of nitrogens with one attached hydrogen (secondary N) is 1. The lowest BCUT2D eigenvalue weighted by atomic mass is 10.1. The van der Waals surface area contributed by atoms with Gasteiger partial charge in [-0.05, 0) is 37.5 Å². The van der Waals surface area contributed by atoms with Crippen LogP contribution in [0.1, 0.15) is 37.8 Å². The van der Waals surface area contributed by atoms with Crippen LogP contribution in [-0.2, 0) is 9.59 Å². The van der Waals surface area contributed by atoms with E-state index in [2.05, 4.69) is 5.32 Å². The Morgan fingerprint density at radius 3 is 2.50 bits per heavy atom. The third-order valence-electron chi connectivity index (χ3n) is 3.92. The first kappa shape index (κ1) is 13.6. The number of likely N-dealkylation sites (tertiary alicyclic amines) is 1. The van der Waals surface area contributed by atoms with Crippen molar-refractivity contribution in [3.63, 3.8) is 0 Å². The molecule has 1 heterocycles. The fraction of sp³-hybridized carbons (Fsp3) is 0.467. The van der Waals surface area contributed by atoms with Crippen LogP contribution in [0.4, 0.5) is 0 Å². The summed E-state index contributed by atoms with van der Waals surface area (Å²) in [6, 6.07) is 7.29. The maximum atomic E-state index is 12.2. The molecule has 4 nitrogen and oxygen atoms in total. The number of halogens is 1. The number of amides is 2. The molecule has 1 aromatic rings. The van der Waals surface area contributed by atoms with Gasteiger partial charge in [0.1, 0.15) is 0 Å². The van der Waals surface area contributed by atoms with Gasteiger partial charge in [-0.15, -0.1) is 0 Å². The van der Waals surface area contributed by atoms with Crippen molar-refractivity contribution in [2.75, 3.05) is 0 Å². The number of carbonyl (C=O) groups is 2. The summed E-state index contributed by atoms with van der Waals surface area (Å²) in [5.74, 6) is -0.114. The lowest BCUT2D eigenvalue weighted by Crippen LogP contribution is -2.40. The molecule has 5 heteroatoms. The third-order valence-corrected chi connectivity index (χ3v) is 4.17. The Bertz CT molecular complexity index is 539. The molecule has 1 aliphatic carbocycles. The number of hydrogen-bond acceptors (Lipinski definition) is 3. The molecule has 2 atom stereocenters. The SMILES string of the molecule is CC(NC1CC(=O)N(C2CC2)C1=O)c1ccc(Cl)cc1. The summed E-state index contributed by atoms with van der Waals surface area (Å²) in [5, 5.41) is 3.94.